The molecule has 8 nitrogen and oxygen atoms in total. The van der Waals surface area contributed by atoms with E-state index in [0.29, 0.717) is 17.3 Å². The minimum absolute atomic E-state index is 0.0567. The number of aromatic nitrogens is 2. The quantitative estimate of drug-likeness (QED) is 0.472. The molecule has 0 unspecified atom stereocenters. The second kappa shape index (κ2) is 9.51. The van der Waals surface area contributed by atoms with Crippen LogP contribution >= 0.6 is 22.9 Å². The first-order chi connectivity index (χ1) is 16.8. The van der Waals surface area contributed by atoms with Gasteiger partial charge in [-0.05, 0) is 24.3 Å². The maximum absolute atomic E-state index is 13.8. The van der Waals surface area contributed by atoms with Crippen molar-refractivity contribution in [3.63, 3.8) is 0 Å². The van der Waals surface area contributed by atoms with Gasteiger partial charge in [-0.3, -0.25) is 4.79 Å². The van der Waals surface area contributed by atoms with E-state index in [-0.39, 0.29) is 33.8 Å². The summed E-state index contributed by atoms with van der Waals surface area (Å²) in [5, 5.41) is 9.48. The fourth-order valence-electron chi connectivity index (χ4n) is 3.84. The van der Waals surface area contributed by atoms with Crippen molar-refractivity contribution in [2.24, 2.45) is 0 Å². The van der Waals surface area contributed by atoms with Crippen molar-refractivity contribution in [1.29, 1.82) is 0 Å². The molecule has 0 saturated carbocycles. The van der Waals surface area contributed by atoms with Crippen molar-refractivity contribution in [2.45, 2.75) is 6.18 Å². The molecule has 2 aliphatic heterocycles. The standard InChI is InChI=1S/C22H20ClF3N6O2S/c23-15-9-12(32-6-3-27-4-7-32)1-2-16(15)30-21-29-11-14(22(24,25)26)18(31-21)17-10-13-19(33)28-5-8-34-20(13)35-17/h1-2,9-11,27H,3-8H2,(H,28,33)(H,29,30,31). The summed E-state index contributed by atoms with van der Waals surface area (Å²) in [5.74, 6) is -0.462. The molecule has 1 fully saturated rings. The Morgan fingerprint density at radius 2 is 1.97 bits per heavy atom. The molecule has 0 bridgehead atoms. The summed E-state index contributed by atoms with van der Waals surface area (Å²) in [6, 6.07) is 6.78. The normalized spacial score (nSPS) is 16.2. The van der Waals surface area contributed by atoms with Crippen LogP contribution in [-0.2, 0) is 6.18 Å². The van der Waals surface area contributed by atoms with Crippen LogP contribution in [0, 0.1) is 0 Å². The molecule has 1 amide bonds. The zero-order valence-electron chi connectivity index (χ0n) is 18.2. The average Bonchev–Trinajstić information content (AvgIpc) is 3.19. The molecule has 5 rings (SSSR count). The van der Waals surface area contributed by atoms with Crippen molar-refractivity contribution >= 4 is 46.2 Å². The SMILES string of the molecule is O=C1NCCOc2sc(-c3nc(Nc4ccc(N5CCNCC5)cc4Cl)ncc3C(F)(F)F)cc21. The van der Waals surface area contributed by atoms with Crippen LogP contribution in [0.15, 0.2) is 30.5 Å². The number of piperazine rings is 1. The second-order valence-corrected chi connectivity index (χ2v) is 9.32. The number of hydrogen-bond acceptors (Lipinski definition) is 8. The van der Waals surface area contributed by atoms with Gasteiger partial charge >= 0.3 is 6.18 Å². The van der Waals surface area contributed by atoms with Gasteiger partial charge in [0.2, 0.25) is 5.95 Å². The first-order valence-corrected chi connectivity index (χ1v) is 12.0. The summed E-state index contributed by atoms with van der Waals surface area (Å²) in [6.45, 7) is 3.99. The summed E-state index contributed by atoms with van der Waals surface area (Å²) in [7, 11) is 0. The lowest BCUT2D eigenvalue weighted by Crippen LogP contribution is -2.43. The number of carbonyl (C=O) groups is 1. The molecule has 0 radical (unpaired) electrons. The molecule has 0 atom stereocenters. The highest BCUT2D eigenvalue weighted by Gasteiger charge is 2.36. The number of hydrogen-bond donors (Lipinski definition) is 3. The molecule has 3 N–H and O–H groups in total. The number of nitrogens with zero attached hydrogens (tertiary/aromatic N) is 3. The highest BCUT2D eigenvalue weighted by molar-refractivity contribution is 7.17. The maximum Gasteiger partial charge on any atom is 0.420 e. The van der Waals surface area contributed by atoms with Gasteiger partial charge in [0.1, 0.15) is 12.2 Å². The van der Waals surface area contributed by atoms with E-state index in [2.05, 4.69) is 30.8 Å². The molecule has 0 aliphatic carbocycles. The molecule has 4 heterocycles. The van der Waals surface area contributed by atoms with E-state index in [0.717, 1.165) is 49.4 Å². The van der Waals surface area contributed by atoms with Crippen LogP contribution in [0.5, 0.6) is 5.06 Å². The summed E-state index contributed by atoms with van der Waals surface area (Å²) in [6.07, 6.45) is -3.97. The molecule has 1 aromatic carbocycles. The smallest absolute Gasteiger partial charge is 0.420 e. The molecular formula is C22H20ClF3N6O2S. The largest absolute Gasteiger partial charge is 0.481 e. The monoisotopic (exact) mass is 524 g/mol. The zero-order chi connectivity index (χ0) is 24.6. The Labute approximate surface area is 207 Å². The topological polar surface area (TPSA) is 91.4 Å². The van der Waals surface area contributed by atoms with E-state index in [1.807, 2.05) is 6.07 Å². The highest BCUT2D eigenvalue weighted by Crippen LogP contribution is 2.43. The van der Waals surface area contributed by atoms with E-state index in [1.54, 1.807) is 12.1 Å². The third kappa shape index (κ3) is 5.00. The first kappa shape index (κ1) is 23.6. The Morgan fingerprint density at radius 3 is 2.71 bits per heavy atom. The van der Waals surface area contributed by atoms with Crippen LogP contribution in [0.3, 0.4) is 0 Å². The van der Waals surface area contributed by atoms with Crippen LogP contribution in [-0.4, -0.2) is 55.2 Å². The number of thiophene rings is 1. The summed E-state index contributed by atoms with van der Waals surface area (Å²) in [4.78, 5) is 22.6. The van der Waals surface area contributed by atoms with E-state index in [1.165, 1.54) is 6.07 Å². The molecule has 13 heteroatoms. The molecule has 0 spiro atoms. The van der Waals surface area contributed by atoms with Gasteiger partial charge in [0, 0.05) is 38.1 Å². The number of anilines is 3. The van der Waals surface area contributed by atoms with E-state index in [4.69, 9.17) is 16.3 Å². The Kier molecular flexibility index (Phi) is 6.43. The maximum atomic E-state index is 13.8. The summed E-state index contributed by atoms with van der Waals surface area (Å²) >= 11 is 7.39. The Bertz CT molecular complexity index is 1260. The number of carbonyl (C=O) groups excluding carboxylic acids is 1. The van der Waals surface area contributed by atoms with Crippen molar-refractivity contribution < 1.29 is 22.7 Å². The molecular weight excluding hydrogens is 505 g/mol. The number of rotatable bonds is 4. The Morgan fingerprint density at radius 1 is 1.17 bits per heavy atom. The first-order valence-electron chi connectivity index (χ1n) is 10.8. The molecule has 184 valence electrons. The molecule has 2 aromatic heterocycles. The van der Waals surface area contributed by atoms with Crippen molar-refractivity contribution in [3.05, 3.63) is 46.6 Å². The number of fused-ring (bicyclic) bond motifs is 1. The van der Waals surface area contributed by atoms with Crippen LogP contribution in [0.4, 0.5) is 30.5 Å². The van der Waals surface area contributed by atoms with Crippen LogP contribution < -0.4 is 25.6 Å². The molecule has 35 heavy (non-hydrogen) atoms. The van der Waals surface area contributed by atoms with Crippen LogP contribution in [0.2, 0.25) is 5.02 Å². The van der Waals surface area contributed by atoms with Crippen molar-refractivity contribution in [1.82, 2.24) is 20.6 Å². The third-order valence-electron chi connectivity index (χ3n) is 5.57. The number of halogens is 4. The molecule has 3 aromatic rings. The number of benzene rings is 1. The fourth-order valence-corrected chi connectivity index (χ4v) is 5.10. The van der Waals surface area contributed by atoms with Crippen LogP contribution in [0.1, 0.15) is 15.9 Å². The van der Waals surface area contributed by atoms with Gasteiger partial charge in [-0.1, -0.05) is 22.9 Å². The van der Waals surface area contributed by atoms with Gasteiger partial charge in [-0.2, -0.15) is 13.2 Å². The molecule has 2 aliphatic rings. The highest BCUT2D eigenvalue weighted by atomic mass is 35.5. The minimum Gasteiger partial charge on any atom is -0.481 e. The predicted molar refractivity (Wildman–Crippen MR) is 128 cm³/mol. The zero-order valence-corrected chi connectivity index (χ0v) is 19.8. The Hall–Kier alpha value is -3.09. The minimum atomic E-state index is -4.69. The summed E-state index contributed by atoms with van der Waals surface area (Å²) in [5.41, 5.74) is 0.226. The number of nitrogens with one attached hydrogen (secondary N) is 3. The van der Waals surface area contributed by atoms with Gasteiger partial charge in [0.25, 0.3) is 5.91 Å². The fraction of sp³-hybridized carbons (Fsp3) is 0.318. The lowest BCUT2D eigenvalue weighted by Gasteiger charge is -2.29. The van der Waals surface area contributed by atoms with E-state index < -0.39 is 17.6 Å². The summed E-state index contributed by atoms with van der Waals surface area (Å²) < 4.78 is 46.8. The van der Waals surface area contributed by atoms with Gasteiger partial charge in [-0.15, -0.1) is 0 Å². The number of ether oxygens (including phenoxy) is 1. The molecule has 1 saturated heterocycles. The average molecular weight is 525 g/mol. The van der Waals surface area contributed by atoms with Crippen molar-refractivity contribution in [3.8, 4) is 15.6 Å². The number of amides is 1. The van der Waals surface area contributed by atoms with Crippen molar-refractivity contribution in [2.75, 3.05) is 49.5 Å². The van der Waals surface area contributed by atoms with Gasteiger partial charge in [-0.25, -0.2) is 9.97 Å². The van der Waals surface area contributed by atoms with Crippen LogP contribution in [0.25, 0.3) is 10.6 Å². The third-order valence-corrected chi connectivity index (χ3v) is 6.94. The van der Waals surface area contributed by atoms with Gasteiger partial charge in [0.05, 0.1) is 33.4 Å². The second-order valence-electron chi connectivity index (χ2n) is 7.90. The van der Waals surface area contributed by atoms with Gasteiger partial charge in [0.15, 0.2) is 5.06 Å². The van der Waals surface area contributed by atoms with Gasteiger partial charge < -0.3 is 25.6 Å². The van der Waals surface area contributed by atoms with E-state index in [9.17, 15) is 18.0 Å². The lowest BCUT2D eigenvalue weighted by atomic mass is 10.1. The van der Waals surface area contributed by atoms with E-state index >= 15 is 0 Å². The lowest BCUT2D eigenvalue weighted by molar-refractivity contribution is -0.137. The number of alkyl halides is 3. The predicted octanol–water partition coefficient (Wildman–Crippen LogP) is 4.15. The Balaban J connectivity index is 1.47.